The van der Waals surface area contributed by atoms with Crippen molar-refractivity contribution < 1.29 is 4.79 Å². The van der Waals surface area contributed by atoms with Crippen LogP contribution in [0.15, 0.2) is 0 Å². The van der Waals surface area contributed by atoms with E-state index in [9.17, 15) is 4.79 Å². The van der Waals surface area contributed by atoms with Gasteiger partial charge in [0.15, 0.2) is 0 Å². The first-order valence-corrected chi connectivity index (χ1v) is 6.38. The third kappa shape index (κ3) is 4.94. The highest BCUT2D eigenvalue weighted by molar-refractivity contribution is 5.74. The highest BCUT2D eigenvalue weighted by atomic mass is 16.1. The Kier molecular flexibility index (Phi) is 5.77. The smallest absolute Gasteiger partial charge is 0.218 e. The number of carbonyl (C=O) groups is 1. The van der Waals surface area contributed by atoms with Gasteiger partial charge in [-0.3, -0.25) is 4.79 Å². The number of rotatable bonds is 6. The summed E-state index contributed by atoms with van der Waals surface area (Å²) in [5, 5.41) is 3.49. The molecule has 0 aliphatic carbocycles. The average molecular weight is 227 g/mol. The summed E-state index contributed by atoms with van der Waals surface area (Å²) >= 11 is 0. The first kappa shape index (κ1) is 13.5. The van der Waals surface area contributed by atoms with Gasteiger partial charge in [0.25, 0.3) is 0 Å². The van der Waals surface area contributed by atoms with Gasteiger partial charge in [-0.15, -0.1) is 0 Å². The predicted molar refractivity (Wildman–Crippen MR) is 66.2 cm³/mol. The third-order valence-corrected chi connectivity index (χ3v) is 3.16. The number of hydrogen-bond acceptors (Lipinski definition) is 3. The van der Waals surface area contributed by atoms with E-state index in [0.717, 1.165) is 0 Å². The van der Waals surface area contributed by atoms with Crippen molar-refractivity contribution in [2.24, 2.45) is 5.73 Å². The lowest BCUT2D eigenvalue weighted by molar-refractivity contribution is -0.118. The largest absolute Gasteiger partial charge is 0.370 e. The predicted octanol–water partition coefficient (Wildman–Crippen LogP) is 0.714. The average Bonchev–Trinajstić information content (AvgIpc) is 2.20. The van der Waals surface area contributed by atoms with Gasteiger partial charge in [-0.2, -0.15) is 0 Å². The molecular weight excluding hydrogens is 202 g/mol. The van der Waals surface area contributed by atoms with Crippen LogP contribution < -0.4 is 11.1 Å². The van der Waals surface area contributed by atoms with E-state index in [-0.39, 0.29) is 11.9 Å². The van der Waals surface area contributed by atoms with Crippen LogP contribution in [0.5, 0.6) is 0 Å². The Balaban J connectivity index is 2.18. The molecule has 0 radical (unpaired) electrons. The summed E-state index contributed by atoms with van der Waals surface area (Å²) < 4.78 is 0. The van der Waals surface area contributed by atoms with Crippen LogP contribution in [-0.4, -0.2) is 42.5 Å². The summed E-state index contributed by atoms with van der Waals surface area (Å²) in [6.45, 7) is 7.82. The minimum Gasteiger partial charge on any atom is -0.370 e. The van der Waals surface area contributed by atoms with E-state index in [0.29, 0.717) is 12.5 Å². The Morgan fingerprint density at radius 2 is 2.12 bits per heavy atom. The summed E-state index contributed by atoms with van der Waals surface area (Å²) in [4.78, 5) is 13.3. The van der Waals surface area contributed by atoms with Crippen LogP contribution in [0.1, 0.15) is 39.5 Å². The molecule has 3 N–H and O–H groups in total. The van der Waals surface area contributed by atoms with Gasteiger partial charge in [0.2, 0.25) is 5.91 Å². The topological polar surface area (TPSA) is 58.4 Å². The number of hydrogen-bond donors (Lipinski definition) is 2. The standard InChI is InChI=1S/C12H25N3O/c1-3-6-15-7-4-11(5-8-15)14-10(2)9-12(13)16/h10-11,14H,3-9H2,1-2H3,(H2,13,16). The maximum Gasteiger partial charge on any atom is 0.218 e. The molecule has 1 heterocycles. The maximum absolute atomic E-state index is 10.8. The van der Waals surface area contributed by atoms with Gasteiger partial charge in [0, 0.05) is 18.5 Å². The number of nitrogens with zero attached hydrogens (tertiary/aromatic N) is 1. The molecule has 1 aliphatic heterocycles. The van der Waals surface area contributed by atoms with Gasteiger partial charge in [0.05, 0.1) is 0 Å². The summed E-state index contributed by atoms with van der Waals surface area (Å²) in [5.74, 6) is -0.219. The zero-order chi connectivity index (χ0) is 12.0. The highest BCUT2D eigenvalue weighted by Crippen LogP contribution is 2.11. The molecule has 1 saturated heterocycles. The quantitative estimate of drug-likeness (QED) is 0.703. The van der Waals surface area contributed by atoms with E-state index in [1.54, 1.807) is 0 Å². The van der Waals surface area contributed by atoms with Crippen molar-refractivity contribution >= 4 is 5.91 Å². The fourth-order valence-electron chi connectivity index (χ4n) is 2.40. The highest BCUT2D eigenvalue weighted by Gasteiger charge is 2.20. The summed E-state index contributed by atoms with van der Waals surface area (Å²) in [7, 11) is 0. The molecule has 1 amide bonds. The first-order valence-electron chi connectivity index (χ1n) is 6.38. The lowest BCUT2D eigenvalue weighted by Gasteiger charge is -2.33. The molecule has 0 aromatic heterocycles. The molecule has 4 nitrogen and oxygen atoms in total. The van der Waals surface area contributed by atoms with Gasteiger partial charge in [-0.05, 0) is 45.8 Å². The first-order chi connectivity index (χ1) is 7.61. The number of likely N-dealkylation sites (tertiary alicyclic amines) is 1. The number of nitrogens with one attached hydrogen (secondary N) is 1. The SMILES string of the molecule is CCCN1CCC(NC(C)CC(N)=O)CC1. The molecule has 1 fully saturated rings. The van der Waals surface area contributed by atoms with E-state index in [2.05, 4.69) is 17.1 Å². The second-order valence-electron chi connectivity index (χ2n) is 4.85. The van der Waals surface area contributed by atoms with E-state index < -0.39 is 0 Å². The molecule has 0 saturated carbocycles. The zero-order valence-corrected chi connectivity index (χ0v) is 10.5. The second-order valence-corrected chi connectivity index (χ2v) is 4.85. The minimum absolute atomic E-state index is 0.209. The molecule has 1 unspecified atom stereocenters. The van der Waals surface area contributed by atoms with Crippen LogP contribution >= 0.6 is 0 Å². The van der Waals surface area contributed by atoms with Gasteiger partial charge < -0.3 is 16.0 Å². The van der Waals surface area contributed by atoms with Gasteiger partial charge in [-0.25, -0.2) is 0 Å². The molecule has 16 heavy (non-hydrogen) atoms. The summed E-state index contributed by atoms with van der Waals surface area (Å²) in [6, 6.07) is 0.766. The minimum atomic E-state index is -0.219. The molecule has 0 bridgehead atoms. The van der Waals surface area contributed by atoms with Gasteiger partial charge in [0.1, 0.15) is 0 Å². The zero-order valence-electron chi connectivity index (χ0n) is 10.5. The normalized spacial score (nSPS) is 20.9. The number of amides is 1. The van der Waals surface area contributed by atoms with Crippen LogP contribution in [0, 0.1) is 0 Å². The van der Waals surface area contributed by atoms with Crippen LogP contribution in [0.25, 0.3) is 0 Å². The third-order valence-electron chi connectivity index (χ3n) is 3.16. The van der Waals surface area contributed by atoms with Crippen molar-refractivity contribution in [1.29, 1.82) is 0 Å². The van der Waals surface area contributed by atoms with Crippen molar-refractivity contribution in [3.05, 3.63) is 0 Å². The van der Waals surface area contributed by atoms with E-state index in [4.69, 9.17) is 5.73 Å². The number of nitrogens with two attached hydrogens (primary N) is 1. The molecule has 0 aromatic carbocycles. The van der Waals surface area contributed by atoms with E-state index in [1.165, 1.54) is 38.9 Å². The Morgan fingerprint density at radius 1 is 1.50 bits per heavy atom. The fraction of sp³-hybridized carbons (Fsp3) is 0.917. The van der Waals surface area contributed by atoms with E-state index in [1.807, 2.05) is 6.92 Å². The Morgan fingerprint density at radius 3 is 2.62 bits per heavy atom. The molecule has 4 heteroatoms. The molecule has 0 aromatic rings. The molecular formula is C12H25N3O. The Labute approximate surface area is 98.6 Å². The number of primary amides is 1. The lowest BCUT2D eigenvalue weighted by Crippen LogP contribution is -2.46. The van der Waals surface area contributed by atoms with Crippen molar-refractivity contribution in [3.8, 4) is 0 Å². The summed E-state index contributed by atoms with van der Waals surface area (Å²) in [5.41, 5.74) is 5.17. The van der Waals surface area contributed by atoms with Crippen LogP contribution in [0.4, 0.5) is 0 Å². The van der Waals surface area contributed by atoms with Gasteiger partial charge in [-0.1, -0.05) is 6.92 Å². The number of piperidine rings is 1. The molecule has 1 atom stereocenters. The second kappa shape index (κ2) is 6.86. The molecule has 94 valence electrons. The summed E-state index contributed by atoms with van der Waals surface area (Å²) in [6.07, 6.45) is 4.04. The number of carbonyl (C=O) groups excluding carboxylic acids is 1. The van der Waals surface area contributed by atoms with Crippen molar-refractivity contribution in [3.63, 3.8) is 0 Å². The Hall–Kier alpha value is -0.610. The van der Waals surface area contributed by atoms with Crippen LogP contribution in [0.2, 0.25) is 0 Å². The van der Waals surface area contributed by atoms with Crippen LogP contribution in [0.3, 0.4) is 0 Å². The molecule has 1 aliphatic rings. The Bertz CT molecular complexity index is 212. The van der Waals surface area contributed by atoms with Crippen molar-refractivity contribution in [1.82, 2.24) is 10.2 Å². The monoisotopic (exact) mass is 227 g/mol. The lowest BCUT2D eigenvalue weighted by atomic mass is 10.0. The fourth-order valence-corrected chi connectivity index (χ4v) is 2.40. The van der Waals surface area contributed by atoms with Crippen molar-refractivity contribution in [2.45, 2.75) is 51.6 Å². The van der Waals surface area contributed by atoms with Crippen LogP contribution in [-0.2, 0) is 4.79 Å². The maximum atomic E-state index is 10.8. The van der Waals surface area contributed by atoms with Crippen molar-refractivity contribution in [2.75, 3.05) is 19.6 Å². The van der Waals surface area contributed by atoms with E-state index >= 15 is 0 Å². The van der Waals surface area contributed by atoms with Gasteiger partial charge >= 0.3 is 0 Å². The molecule has 0 spiro atoms. The molecule has 1 rings (SSSR count).